The number of benzene rings is 3. The number of aromatic amines is 1. The Morgan fingerprint density at radius 2 is 1.63 bits per heavy atom. The van der Waals surface area contributed by atoms with E-state index in [2.05, 4.69) is 38.1 Å². The summed E-state index contributed by atoms with van der Waals surface area (Å²) < 4.78 is 11.6. The summed E-state index contributed by atoms with van der Waals surface area (Å²) in [7, 11) is -5.07. The van der Waals surface area contributed by atoms with Gasteiger partial charge in [0.15, 0.2) is 5.78 Å². The van der Waals surface area contributed by atoms with Crippen LogP contribution in [0.5, 0.6) is 0 Å². The second-order valence-electron chi connectivity index (χ2n) is 20.5. The lowest BCUT2D eigenvalue weighted by molar-refractivity contribution is -0.141. The molecule has 0 radical (unpaired) electrons. The molecule has 0 saturated carbocycles. The number of nitrogens with one attached hydrogen (secondary N) is 5. The van der Waals surface area contributed by atoms with Gasteiger partial charge in [-0.15, -0.1) is 0 Å². The molecule has 3 fully saturated rings. The molecule has 4 aliphatic heterocycles. The first-order valence-corrected chi connectivity index (χ1v) is 28.2. The van der Waals surface area contributed by atoms with Gasteiger partial charge in [0.05, 0.1) is 5.92 Å². The number of urea groups is 1. The van der Waals surface area contributed by atoms with E-state index in [1.807, 2.05) is 13.0 Å². The molecule has 1 unspecified atom stereocenters. The number of likely N-dealkylation sites (tertiary alicyclic amines) is 2. The van der Waals surface area contributed by atoms with E-state index in [0.717, 1.165) is 12.0 Å². The van der Waals surface area contributed by atoms with E-state index in [1.165, 1.54) is 34.1 Å². The van der Waals surface area contributed by atoms with Crippen LogP contribution in [0.4, 0.5) is 4.79 Å². The summed E-state index contributed by atoms with van der Waals surface area (Å²) in [6.45, 7) is 2.76. The highest BCUT2D eigenvalue weighted by Gasteiger charge is 2.42. The van der Waals surface area contributed by atoms with E-state index in [0.29, 0.717) is 79.2 Å². The Morgan fingerprint density at radius 1 is 0.873 bits per heavy atom. The third kappa shape index (κ3) is 13.7. The Bertz CT molecular complexity index is 3170. The predicted molar refractivity (Wildman–Crippen MR) is 286 cm³/mol. The van der Waals surface area contributed by atoms with Gasteiger partial charge in [-0.25, -0.2) is 4.79 Å². The molecule has 8 rings (SSSR count). The maximum Gasteiger partial charge on any atom is 0.396 e. The highest BCUT2D eigenvalue weighted by atomic mass is 31.2. The first kappa shape index (κ1) is 57.2. The Hall–Kier alpha value is -7.99. The van der Waals surface area contributed by atoms with Crippen molar-refractivity contribution in [1.29, 1.82) is 0 Å². The number of primary amides is 1. The van der Waals surface area contributed by atoms with Gasteiger partial charge in [-0.1, -0.05) is 68.0 Å². The second kappa shape index (κ2) is 25.2. The van der Waals surface area contributed by atoms with Crippen molar-refractivity contribution in [2.24, 2.45) is 11.7 Å². The van der Waals surface area contributed by atoms with Crippen LogP contribution in [-0.4, -0.2) is 139 Å². The summed E-state index contributed by atoms with van der Waals surface area (Å²) in [5.41, 5.74) is 6.74. The molecular weight excluding hydrogens is 1040 g/mol. The topological polar surface area (TPSA) is 328 Å². The molecule has 79 heavy (non-hydrogen) atoms. The van der Waals surface area contributed by atoms with Gasteiger partial charge in [0.1, 0.15) is 29.9 Å². The second-order valence-corrected chi connectivity index (χ2v) is 22.0. The number of unbranched alkanes of at least 4 members (excludes halogenated alkanes) is 1. The van der Waals surface area contributed by atoms with E-state index < -0.39 is 85.2 Å². The number of nitrogens with zero attached hydrogens (tertiary/aromatic N) is 3. The number of Topliss-reactive ketones (excluding diaryl/α,β-unsaturated/α-hetero) is 1. The SMILES string of the molecule is CCCC[C@H](NC(=O)c1cc2cc(C(=O)P(=O)(O)O)ccc2[nH]1)C(=O)N1CCC[C@H]1C(=O)N[C@@H](CNC(N)=O)C(=O)C[C@H](C(=O)N1CCC(CCC#Cc2cccc3c2CN(C2CCC(=O)NC2=O)C3=O)CC1)c1ccccc1. The molecule has 0 bridgehead atoms. The van der Waals surface area contributed by atoms with Gasteiger partial charge in [-0.05, 0) is 98.4 Å². The van der Waals surface area contributed by atoms with Crippen LogP contribution in [0.15, 0.2) is 72.8 Å². The molecule has 3 aromatic carbocycles. The standard InChI is InChI=1S/C56H64N9O13P/c1-2-3-17-42(60-49(68)43-29-37-28-36(19-20-41(37)59-43)55(74)79(76,77)78)54(73)64-25-10-18-45(64)50(69)61-44(31-58-56(57)75)47(66)30-39(34-12-5-4-6-13-34)52(71)63-26-23-33(24-27-63)11-7-8-14-35-15-9-16-38-40(35)32-65(53(38)72)46-21-22-48(67)62-51(46)70/h4-6,9,12-13,15-16,19-20,28-29,33,39,42,44-46,59H,2-3,7,10-11,17-18,21-27,30-32H2,1H3,(H,60,68)(H,61,69)(H3,57,58,75)(H,62,67,70)(H2,76,77,78)/t39-,42-,44-,45-,46?/m0/s1. The summed E-state index contributed by atoms with van der Waals surface area (Å²) in [6.07, 6.45) is 4.88. The Balaban J connectivity index is 0.884. The number of carbonyl (C=O) groups is 10. The van der Waals surface area contributed by atoms with Crippen LogP contribution in [-0.2, 0) is 39.9 Å². The number of hydrogen-bond acceptors (Lipinski definition) is 11. The minimum Gasteiger partial charge on any atom is -0.352 e. The molecule has 0 spiro atoms. The number of fused-ring (bicyclic) bond motifs is 2. The number of amides is 9. The van der Waals surface area contributed by atoms with Crippen LogP contribution in [0, 0.1) is 17.8 Å². The van der Waals surface area contributed by atoms with Crippen molar-refractivity contribution in [2.75, 3.05) is 26.2 Å². The highest BCUT2D eigenvalue weighted by Crippen LogP contribution is 2.39. The van der Waals surface area contributed by atoms with Crippen molar-refractivity contribution in [2.45, 2.75) is 121 Å². The summed E-state index contributed by atoms with van der Waals surface area (Å²) in [5, 5.41) is 10.6. The molecule has 1 aromatic heterocycles. The Morgan fingerprint density at radius 3 is 2.34 bits per heavy atom. The van der Waals surface area contributed by atoms with Crippen molar-refractivity contribution in [3.63, 3.8) is 0 Å². The zero-order valence-electron chi connectivity index (χ0n) is 43.7. The highest BCUT2D eigenvalue weighted by molar-refractivity contribution is 7.70. The molecule has 3 saturated heterocycles. The van der Waals surface area contributed by atoms with E-state index in [4.69, 9.17) is 5.73 Å². The third-order valence-corrected chi connectivity index (χ3v) is 16.0. The first-order chi connectivity index (χ1) is 37.8. The molecule has 22 nitrogen and oxygen atoms in total. The average molecular weight is 1100 g/mol. The molecule has 416 valence electrons. The lowest BCUT2D eigenvalue weighted by Crippen LogP contribution is -2.57. The fourth-order valence-electron chi connectivity index (χ4n) is 10.9. The average Bonchev–Trinajstić information content (AvgIpc) is 4.40. The summed E-state index contributed by atoms with van der Waals surface area (Å²) >= 11 is 0. The lowest BCUT2D eigenvalue weighted by Gasteiger charge is -2.34. The molecule has 9 amide bonds. The monoisotopic (exact) mass is 1100 g/mol. The molecule has 0 aliphatic carbocycles. The van der Waals surface area contributed by atoms with Gasteiger partial charge < -0.3 is 51.2 Å². The zero-order chi connectivity index (χ0) is 56.5. The number of carbonyl (C=O) groups excluding carboxylic acids is 10. The van der Waals surface area contributed by atoms with E-state index in [-0.39, 0.29) is 80.1 Å². The number of hydrogen-bond donors (Lipinski definition) is 8. The largest absolute Gasteiger partial charge is 0.396 e. The van der Waals surface area contributed by atoms with Crippen molar-refractivity contribution in [3.8, 4) is 11.8 Å². The predicted octanol–water partition coefficient (Wildman–Crippen LogP) is 3.49. The van der Waals surface area contributed by atoms with Crippen molar-refractivity contribution < 1.29 is 62.3 Å². The first-order valence-electron chi connectivity index (χ1n) is 26.6. The van der Waals surface area contributed by atoms with Crippen LogP contribution in [0.2, 0.25) is 0 Å². The number of H-pyrrole nitrogens is 1. The third-order valence-electron chi connectivity index (χ3n) is 15.2. The van der Waals surface area contributed by atoms with E-state index in [1.54, 1.807) is 47.4 Å². The van der Waals surface area contributed by atoms with Crippen LogP contribution in [0.3, 0.4) is 0 Å². The Labute approximate surface area is 455 Å². The van der Waals surface area contributed by atoms with Gasteiger partial charge in [-0.3, -0.25) is 53.0 Å². The maximum absolute atomic E-state index is 14.5. The zero-order valence-corrected chi connectivity index (χ0v) is 44.6. The van der Waals surface area contributed by atoms with E-state index in [9.17, 15) is 62.3 Å². The maximum atomic E-state index is 14.5. The number of piperidine rings is 2. The van der Waals surface area contributed by atoms with Gasteiger partial charge in [0.2, 0.25) is 29.5 Å². The molecule has 5 atom stereocenters. The molecule has 4 aromatic rings. The fourth-order valence-corrected chi connectivity index (χ4v) is 11.3. The number of nitrogens with two attached hydrogens (primary N) is 1. The smallest absolute Gasteiger partial charge is 0.352 e. The van der Waals surface area contributed by atoms with Crippen LogP contribution in [0.25, 0.3) is 10.9 Å². The van der Waals surface area contributed by atoms with Gasteiger partial charge in [0.25, 0.3) is 17.3 Å². The van der Waals surface area contributed by atoms with E-state index >= 15 is 0 Å². The number of ketones is 1. The van der Waals surface area contributed by atoms with Gasteiger partial charge in [0, 0.05) is 79.6 Å². The van der Waals surface area contributed by atoms with Crippen LogP contribution >= 0.6 is 7.60 Å². The van der Waals surface area contributed by atoms with Crippen LogP contribution in [0.1, 0.15) is 138 Å². The lowest BCUT2D eigenvalue weighted by atomic mass is 9.87. The van der Waals surface area contributed by atoms with Crippen molar-refractivity contribution in [3.05, 3.63) is 106 Å². The van der Waals surface area contributed by atoms with Gasteiger partial charge >= 0.3 is 13.6 Å². The Kier molecular flexibility index (Phi) is 18.2. The molecule has 5 heterocycles. The number of rotatable bonds is 20. The molecule has 4 aliphatic rings. The number of imide groups is 1. The summed E-state index contributed by atoms with van der Waals surface area (Å²) in [4.78, 5) is 159. The normalized spacial score (nSPS) is 18.7. The van der Waals surface area contributed by atoms with Crippen molar-refractivity contribution >= 4 is 77.2 Å². The van der Waals surface area contributed by atoms with Crippen LogP contribution < -0.4 is 27.0 Å². The minimum absolute atomic E-state index is 0.0106. The summed E-state index contributed by atoms with van der Waals surface area (Å²) in [5.74, 6) is 1.97. The molecule has 23 heteroatoms. The van der Waals surface area contributed by atoms with Gasteiger partial charge in [-0.2, -0.15) is 0 Å². The number of aromatic nitrogens is 1. The molecule has 9 N–H and O–H groups in total. The minimum atomic E-state index is -5.07. The quantitative estimate of drug-likeness (QED) is 0.0358. The van der Waals surface area contributed by atoms with Crippen molar-refractivity contribution in [1.82, 2.24) is 41.0 Å². The molecular formula is C56H64N9O13P. The summed E-state index contributed by atoms with van der Waals surface area (Å²) in [6, 6.07) is 14.2. The fraction of sp³-hybridized carbons (Fsp3) is 0.429.